The molecule has 0 saturated carbocycles. The highest BCUT2D eigenvalue weighted by atomic mass is 31.2. The molecule has 0 radical (unpaired) electrons. The first-order valence-electron chi connectivity index (χ1n) is 16.0. The summed E-state index contributed by atoms with van der Waals surface area (Å²) in [4.78, 5) is 71.0. The van der Waals surface area contributed by atoms with Crippen molar-refractivity contribution in [3.05, 3.63) is 71.3 Å². The summed E-state index contributed by atoms with van der Waals surface area (Å²) in [6, 6.07) is 10.2. The number of imidazole rings is 1. The number of hydrogen-bond donors (Lipinski definition) is 6. The van der Waals surface area contributed by atoms with Gasteiger partial charge in [0, 0.05) is 26.1 Å². The average Bonchev–Trinajstić information content (AvgIpc) is 3.81. The molecule has 8 N–H and O–H groups in total. The van der Waals surface area contributed by atoms with Crippen LogP contribution < -0.4 is 17.2 Å². The van der Waals surface area contributed by atoms with E-state index >= 15 is 0 Å². The average molecular weight is 799 g/mol. The Kier molecular flexibility index (Phi) is 11.9. The van der Waals surface area contributed by atoms with Gasteiger partial charge < -0.3 is 50.2 Å². The predicted molar refractivity (Wildman–Crippen MR) is 181 cm³/mol. The first-order chi connectivity index (χ1) is 25.6. The van der Waals surface area contributed by atoms with Crippen LogP contribution in [0, 0.1) is 0 Å². The number of phosphoric acid groups is 2. The van der Waals surface area contributed by atoms with Gasteiger partial charge in [-0.25, -0.2) is 33.7 Å². The largest absolute Gasteiger partial charge is 0.472 e. The molecule has 3 aromatic heterocycles. The molecule has 6 rings (SSSR count). The van der Waals surface area contributed by atoms with Crippen LogP contribution in [-0.2, 0) is 52.9 Å². The Hall–Kier alpha value is -4.22. The second kappa shape index (κ2) is 16.3. The molecule has 9 atom stereocenters. The van der Waals surface area contributed by atoms with Gasteiger partial charge in [0.25, 0.3) is 0 Å². The number of aliphatic hydroxyl groups is 1. The van der Waals surface area contributed by atoms with Crippen LogP contribution >= 0.6 is 15.6 Å². The number of phosphoric ester groups is 2. The fraction of sp³-hybridized carbons (Fsp3) is 0.448. The summed E-state index contributed by atoms with van der Waals surface area (Å²) < 4.78 is 65.1. The highest BCUT2D eigenvalue weighted by Crippen LogP contribution is 2.50. The van der Waals surface area contributed by atoms with Crippen molar-refractivity contribution in [2.24, 2.45) is 0 Å². The first kappa shape index (κ1) is 39.5. The third kappa shape index (κ3) is 9.17. The van der Waals surface area contributed by atoms with Crippen LogP contribution in [0.15, 0.2) is 60.0 Å². The molecule has 0 aliphatic carbocycles. The molecule has 0 spiro atoms. The molecule has 0 bridgehead atoms. The van der Waals surface area contributed by atoms with Crippen molar-refractivity contribution < 1.29 is 66.2 Å². The van der Waals surface area contributed by atoms with E-state index < -0.39 is 89.6 Å². The summed E-state index contributed by atoms with van der Waals surface area (Å²) in [5.74, 6) is -0.939. The van der Waals surface area contributed by atoms with Gasteiger partial charge in [-0.15, -0.1) is 0 Å². The second-order valence-corrected chi connectivity index (χ2v) is 14.7. The number of esters is 1. The topological polar surface area (TPSA) is 327 Å². The quantitative estimate of drug-likeness (QED) is 0.0656. The number of methoxy groups -OCH3 is 1. The lowest BCUT2D eigenvalue weighted by atomic mass is 10.1. The number of aliphatic hydroxyl groups excluding tert-OH is 1. The van der Waals surface area contributed by atoms with Gasteiger partial charge in [0.05, 0.1) is 19.5 Å². The van der Waals surface area contributed by atoms with Crippen LogP contribution in [0.3, 0.4) is 0 Å². The first-order valence-corrected chi connectivity index (χ1v) is 19.0. The van der Waals surface area contributed by atoms with Gasteiger partial charge in [-0.2, -0.15) is 4.98 Å². The van der Waals surface area contributed by atoms with E-state index in [4.69, 9.17) is 39.5 Å². The highest BCUT2D eigenvalue weighted by Gasteiger charge is 2.50. The zero-order valence-corrected chi connectivity index (χ0v) is 29.9. The molecule has 23 nitrogen and oxygen atoms in total. The Morgan fingerprint density at radius 2 is 1.76 bits per heavy atom. The van der Waals surface area contributed by atoms with Crippen LogP contribution in [0.1, 0.15) is 24.4 Å². The SMILES string of the molecule is CO[C@H](Cc1ccccc1)C(=O)O[C@@H]1[C@H](COP(=O)(O)O[C@H]2CC(n3ccc(N)nc3=O)O[C@@H]2COP(=O)(O)O)OC(n2cnc3c(N)ncnc32)[C@@H]1O. The van der Waals surface area contributed by atoms with Crippen molar-refractivity contribution >= 4 is 44.4 Å². The minimum absolute atomic E-state index is 0.0384. The molecule has 2 saturated heterocycles. The Bertz CT molecular complexity index is 2100. The Balaban J connectivity index is 1.21. The Labute approximate surface area is 304 Å². The molecule has 2 aliphatic heterocycles. The fourth-order valence-electron chi connectivity index (χ4n) is 5.90. The number of carbonyl (C=O) groups is 1. The maximum absolute atomic E-state index is 13.4. The predicted octanol–water partition coefficient (Wildman–Crippen LogP) is -0.426. The van der Waals surface area contributed by atoms with Crippen molar-refractivity contribution in [2.75, 3.05) is 31.8 Å². The van der Waals surface area contributed by atoms with Crippen molar-refractivity contribution in [3.8, 4) is 0 Å². The van der Waals surface area contributed by atoms with Gasteiger partial charge >= 0.3 is 27.3 Å². The van der Waals surface area contributed by atoms with Gasteiger partial charge in [-0.1, -0.05) is 30.3 Å². The second-order valence-electron chi connectivity index (χ2n) is 12.1. The number of fused-ring (bicyclic) bond motifs is 1. The molecule has 54 heavy (non-hydrogen) atoms. The van der Waals surface area contributed by atoms with Gasteiger partial charge in [-0.3, -0.25) is 22.7 Å². The van der Waals surface area contributed by atoms with Crippen LogP contribution in [0.2, 0.25) is 0 Å². The maximum atomic E-state index is 13.4. The molecular formula is C29H36N8O15P2. The monoisotopic (exact) mass is 798 g/mol. The molecule has 0 amide bonds. The Morgan fingerprint density at radius 3 is 2.46 bits per heavy atom. The third-order valence-corrected chi connectivity index (χ3v) is 9.95. The molecule has 1 aromatic carbocycles. The molecule has 2 fully saturated rings. The van der Waals surface area contributed by atoms with E-state index in [9.17, 15) is 38.5 Å². The standard InChI is InChI=1S/C29H36N8O15P2/c1-46-17(9-15-5-3-2-4-6-15)28(39)51-24-19(50-27(23(24)38)37-14-34-22-25(31)32-13-33-26(22)37)12-48-54(44,45)52-16-10-21(36-8-7-20(30)35-29(36)40)49-18(16)11-47-53(41,42)43/h2-8,13-14,16-19,21,23-24,27,38H,9-12H2,1H3,(H,44,45)(H2,30,35,40)(H2,31,32,33)(H2,41,42,43)/t16-,17+,18+,19-,21?,23+,24+,27?/m0/s1. The Morgan fingerprint density at radius 1 is 1.02 bits per heavy atom. The van der Waals surface area contributed by atoms with E-state index in [2.05, 4.69) is 24.5 Å². The van der Waals surface area contributed by atoms with Crippen LogP contribution in [-0.4, -0.2) is 112 Å². The molecule has 2 aliphatic rings. The smallest absolute Gasteiger partial charge is 0.455 e. The number of rotatable bonds is 15. The van der Waals surface area contributed by atoms with Crippen LogP contribution in [0.25, 0.3) is 11.2 Å². The molecule has 25 heteroatoms. The fourth-order valence-corrected chi connectivity index (χ4v) is 7.20. The van der Waals surface area contributed by atoms with Gasteiger partial charge in [0.15, 0.2) is 29.9 Å². The maximum Gasteiger partial charge on any atom is 0.472 e. The van der Waals surface area contributed by atoms with Gasteiger partial charge in [0.1, 0.15) is 48.3 Å². The lowest BCUT2D eigenvalue weighted by molar-refractivity contribution is -0.168. The van der Waals surface area contributed by atoms with E-state index in [-0.39, 0.29) is 35.6 Å². The molecule has 4 aromatic rings. The summed E-state index contributed by atoms with van der Waals surface area (Å²) in [6.07, 6.45) is -7.61. The van der Waals surface area contributed by atoms with E-state index in [1.807, 2.05) is 0 Å². The number of benzene rings is 1. The zero-order valence-electron chi connectivity index (χ0n) is 28.2. The minimum atomic E-state index is -5.15. The highest BCUT2D eigenvalue weighted by molar-refractivity contribution is 7.47. The number of nitrogens with two attached hydrogens (primary N) is 2. The minimum Gasteiger partial charge on any atom is -0.455 e. The van der Waals surface area contributed by atoms with Crippen LogP contribution in [0.4, 0.5) is 11.6 Å². The molecule has 3 unspecified atom stereocenters. The summed E-state index contributed by atoms with van der Waals surface area (Å²) in [6.45, 7) is -1.64. The molecular weight excluding hydrogens is 762 g/mol. The van der Waals surface area contributed by atoms with E-state index in [0.29, 0.717) is 0 Å². The van der Waals surface area contributed by atoms with Crippen molar-refractivity contribution in [2.45, 2.75) is 61.9 Å². The number of anilines is 2. The van der Waals surface area contributed by atoms with Gasteiger partial charge in [-0.05, 0) is 11.6 Å². The van der Waals surface area contributed by atoms with Gasteiger partial charge in [0.2, 0.25) is 0 Å². The summed E-state index contributed by atoms with van der Waals surface area (Å²) in [5.41, 5.74) is 11.7. The van der Waals surface area contributed by atoms with Crippen molar-refractivity contribution in [3.63, 3.8) is 0 Å². The van der Waals surface area contributed by atoms with Crippen molar-refractivity contribution in [1.82, 2.24) is 29.1 Å². The number of aromatic nitrogens is 6. The third-order valence-electron chi connectivity index (χ3n) is 8.45. The van der Waals surface area contributed by atoms with Crippen molar-refractivity contribution in [1.29, 1.82) is 0 Å². The number of ether oxygens (including phenoxy) is 4. The van der Waals surface area contributed by atoms with E-state index in [0.717, 1.165) is 16.5 Å². The molecule has 292 valence electrons. The molecule has 5 heterocycles. The van der Waals surface area contributed by atoms with E-state index in [1.54, 1.807) is 30.3 Å². The summed E-state index contributed by atoms with van der Waals surface area (Å²) >= 11 is 0. The van der Waals surface area contributed by atoms with E-state index in [1.165, 1.54) is 30.3 Å². The lowest BCUT2D eigenvalue weighted by Gasteiger charge is -2.25. The lowest BCUT2D eigenvalue weighted by Crippen LogP contribution is -2.41. The zero-order chi connectivity index (χ0) is 38.8. The number of nitrogen functional groups attached to an aromatic ring is 2. The normalized spacial score (nSPS) is 26.1. The van der Waals surface area contributed by atoms with Crippen LogP contribution in [0.5, 0.6) is 0 Å². The summed E-state index contributed by atoms with van der Waals surface area (Å²) in [7, 11) is -8.88. The number of nitrogens with zero attached hydrogens (tertiary/aromatic N) is 6. The number of carbonyl (C=O) groups excluding carboxylic acids is 1. The number of hydrogen-bond acceptors (Lipinski definition) is 18. The summed E-state index contributed by atoms with van der Waals surface area (Å²) in [5, 5.41) is 11.5.